The maximum absolute atomic E-state index is 12.0. The summed E-state index contributed by atoms with van der Waals surface area (Å²) in [5, 5.41) is 19.8. The number of non-ortho nitro benzene ring substituents is 1. The molecule has 0 saturated carbocycles. The van der Waals surface area contributed by atoms with E-state index < -0.39 is 11.0 Å². The largest absolute Gasteiger partial charge is 0.393 e. The number of carbonyl (C=O) groups is 1. The lowest BCUT2D eigenvalue weighted by molar-refractivity contribution is -0.384. The molecule has 0 bridgehead atoms. The molecule has 110 valence electrons. The number of amides is 1. The first-order chi connectivity index (χ1) is 9.31. The minimum absolute atomic E-state index is 0.0180. The molecule has 20 heavy (non-hydrogen) atoms. The van der Waals surface area contributed by atoms with Gasteiger partial charge < -0.3 is 10.0 Å². The van der Waals surface area contributed by atoms with Gasteiger partial charge in [0.25, 0.3) is 5.69 Å². The van der Waals surface area contributed by atoms with Crippen LogP contribution in [0.25, 0.3) is 0 Å². The molecule has 0 saturated heterocycles. The number of nitrogens with zero attached hydrogens (tertiary/aromatic N) is 2. The third-order valence-corrected chi connectivity index (χ3v) is 3.64. The summed E-state index contributed by atoms with van der Waals surface area (Å²) in [6, 6.07) is 4.34. The number of carbonyl (C=O) groups excluding carboxylic acids is 1. The molecule has 1 rings (SSSR count). The van der Waals surface area contributed by atoms with E-state index in [4.69, 9.17) is 0 Å². The maximum Gasteiger partial charge on any atom is 0.270 e. The van der Waals surface area contributed by atoms with Crippen molar-refractivity contribution in [3.8, 4) is 0 Å². The highest BCUT2D eigenvalue weighted by molar-refractivity contribution is 9.10. The molecule has 0 aliphatic carbocycles. The molecule has 0 radical (unpaired) electrons. The third-order valence-electron chi connectivity index (χ3n) is 2.90. The lowest BCUT2D eigenvalue weighted by atomic mass is 10.1. The molecule has 1 aromatic carbocycles. The molecule has 1 N–H and O–H groups in total. The summed E-state index contributed by atoms with van der Waals surface area (Å²) in [6.07, 6.45) is 0.231. The van der Waals surface area contributed by atoms with Gasteiger partial charge in [0.15, 0.2) is 0 Å². The van der Waals surface area contributed by atoms with E-state index in [2.05, 4.69) is 15.9 Å². The van der Waals surface area contributed by atoms with Gasteiger partial charge in [0.2, 0.25) is 5.91 Å². The van der Waals surface area contributed by atoms with Crippen molar-refractivity contribution >= 4 is 27.5 Å². The first-order valence-corrected chi connectivity index (χ1v) is 6.95. The van der Waals surface area contributed by atoms with Crippen molar-refractivity contribution < 1.29 is 14.8 Å². The van der Waals surface area contributed by atoms with Gasteiger partial charge in [-0.3, -0.25) is 14.9 Å². The van der Waals surface area contributed by atoms with E-state index in [9.17, 15) is 20.0 Å². The number of aliphatic hydroxyl groups excluding tert-OH is 1. The van der Waals surface area contributed by atoms with Crippen LogP contribution in [0.4, 0.5) is 5.69 Å². The fourth-order valence-electron chi connectivity index (χ4n) is 1.60. The van der Waals surface area contributed by atoms with E-state index in [0.29, 0.717) is 23.0 Å². The lowest BCUT2D eigenvalue weighted by Gasteiger charge is -2.18. The van der Waals surface area contributed by atoms with Crippen LogP contribution in [0.1, 0.15) is 18.9 Å². The quantitative estimate of drug-likeness (QED) is 0.632. The summed E-state index contributed by atoms with van der Waals surface area (Å²) in [6.45, 7) is 2.15. The van der Waals surface area contributed by atoms with Gasteiger partial charge in [-0.1, -0.05) is 22.0 Å². The van der Waals surface area contributed by atoms with Crippen LogP contribution in [0.2, 0.25) is 0 Å². The van der Waals surface area contributed by atoms with E-state index in [1.165, 1.54) is 12.1 Å². The zero-order valence-corrected chi connectivity index (χ0v) is 13.0. The van der Waals surface area contributed by atoms with Crippen molar-refractivity contribution in [3.05, 3.63) is 38.3 Å². The standard InChI is InChI=1S/C13H17BrN2O4/c1-9(17)5-6-15(2)13(18)7-10-3-4-11(16(19)20)8-12(10)14/h3-4,8-9,17H,5-7H2,1-2H3. The number of nitro groups is 1. The highest BCUT2D eigenvalue weighted by atomic mass is 79.9. The predicted molar refractivity (Wildman–Crippen MR) is 78.4 cm³/mol. The average Bonchev–Trinajstić information content (AvgIpc) is 2.37. The van der Waals surface area contributed by atoms with Crippen molar-refractivity contribution in [2.75, 3.05) is 13.6 Å². The molecule has 0 aromatic heterocycles. The first kappa shape index (κ1) is 16.6. The second kappa shape index (κ2) is 7.35. The minimum atomic E-state index is -0.481. The van der Waals surface area contributed by atoms with Gasteiger partial charge in [-0.2, -0.15) is 0 Å². The summed E-state index contributed by atoms with van der Waals surface area (Å²) >= 11 is 3.24. The highest BCUT2D eigenvalue weighted by Crippen LogP contribution is 2.23. The van der Waals surface area contributed by atoms with Crippen molar-refractivity contribution in [3.63, 3.8) is 0 Å². The summed E-state index contributed by atoms with van der Waals surface area (Å²) in [4.78, 5) is 23.7. The molecule has 1 atom stereocenters. The normalized spacial score (nSPS) is 12.0. The van der Waals surface area contributed by atoms with Gasteiger partial charge in [0, 0.05) is 30.2 Å². The van der Waals surface area contributed by atoms with Gasteiger partial charge in [-0.25, -0.2) is 0 Å². The van der Waals surface area contributed by atoms with E-state index in [1.807, 2.05) is 0 Å². The van der Waals surface area contributed by atoms with Crippen molar-refractivity contribution in [2.45, 2.75) is 25.9 Å². The number of nitro benzene ring substituents is 1. The number of likely N-dealkylation sites (N-methyl/N-ethyl adjacent to an activating group) is 1. The average molecular weight is 345 g/mol. The van der Waals surface area contributed by atoms with Gasteiger partial charge in [-0.15, -0.1) is 0 Å². The van der Waals surface area contributed by atoms with Gasteiger partial charge >= 0.3 is 0 Å². The molecular weight excluding hydrogens is 328 g/mol. The predicted octanol–water partition coefficient (Wildman–Crippen LogP) is 2.13. The van der Waals surface area contributed by atoms with Crippen LogP contribution in [-0.2, 0) is 11.2 Å². The molecule has 1 amide bonds. The van der Waals surface area contributed by atoms with Crippen LogP contribution in [0, 0.1) is 10.1 Å². The summed E-state index contributed by atoms with van der Waals surface area (Å²) in [5.74, 6) is -0.0970. The van der Waals surface area contributed by atoms with Crippen LogP contribution in [0.5, 0.6) is 0 Å². The molecule has 0 fully saturated rings. The zero-order chi connectivity index (χ0) is 15.3. The Morgan fingerprint density at radius 3 is 2.70 bits per heavy atom. The number of aliphatic hydroxyl groups is 1. The van der Waals surface area contributed by atoms with Crippen LogP contribution >= 0.6 is 15.9 Å². The fraction of sp³-hybridized carbons (Fsp3) is 0.462. The second-order valence-electron chi connectivity index (χ2n) is 4.66. The monoisotopic (exact) mass is 344 g/mol. The molecule has 7 heteroatoms. The maximum atomic E-state index is 12.0. The van der Waals surface area contributed by atoms with E-state index >= 15 is 0 Å². The number of halogens is 1. The summed E-state index contributed by atoms with van der Waals surface area (Å²) < 4.78 is 0.545. The SMILES string of the molecule is CC(O)CCN(C)C(=O)Cc1ccc([N+](=O)[O-])cc1Br. The van der Waals surface area contributed by atoms with Gasteiger partial charge in [-0.05, 0) is 18.9 Å². The smallest absolute Gasteiger partial charge is 0.270 e. The molecule has 0 spiro atoms. The Labute approximate surface area is 125 Å². The molecule has 0 aliphatic heterocycles. The second-order valence-corrected chi connectivity index (χ2v) is 5.52. The number of rotatable bonds is 6. The Hall–Kier alpha value is -1.47. The molecule has 0 aliphatic rings. The molecule has 1 aromatic rings. The van der Waals surface area contributed by atoms with E-state index in [-0.39, 0.29) is 18.0 Å². The first-order valence-electron chi connectivity index (χ1n) is 6.16. The van der Waals surface area contributed by atoms with Crippen molar-refractivity contribution in [1.82, 2.24) is 4.90 Å². The Morgan fingerprint density at radius 1 is 1.55 bits per heavy atom. The van der Waals surface area contributed by atoms with Crippen molar-refractivity contribution in [2.24, 2.45) is 0 Å². The zero-order valence-electron chi connectivity index (χ0n) is 11.4. The molecular formula is C13H17BrN2O4. The molecule has 6 nitrogen and oxygen atoms in total. The Balaban J connectivity index is 2.68. The highest BCUT2D eigenvalue weighted by Gasteiger charge is 2.14. The number of benzene rings is 1. The van der Waals surface area contributed by atoms with E-state index in [1.54, 1.807) is 24.9 Å². The fourth-order valence-corrected chi connectivity index (χ4v) is 2.10. The Morgan fingerprint density at radius 2 is 2.20 bits per heavy atom. The molecule has 0 heterocycles. The number of hydrogen-bond acceptors (Lipinski definition) is 4. The third kappa shape index (κ3) is 4.90. The van der Waals surface area contributed by atoms with Crippen LogP contribution in [0.15, 0.2) is 22.7 Å². The Bertz CT molecular complexity index is 505. The summed E-state index contributed by atoms with van der Waals surface area (Å²) in [7, 11) is 1.67. The number of hydrogen-bond donors (Lipinski definition) is 1. The lowest BCUT2D eigenvalue weighted by Crippen LogP contribution is -2.30. The molecule has 1 unspecified atom stereocenters. The van der Waals surface area contributed by atoms with Crippen LogP contribution < -0.4 is 0 Å². The van der Waals surface area contributed by atoms with Gasteiger partial charge in [0.05, 0.1) is 17.4 Å². The van der Waals surface area contributed by atoms with E-state index in [0.717, 1.165) is 0 Å². The topological polar surface area (TPSA) is 83.7 Å². The minimum Gasteiger partial charge on any atom is -0.393 e. The van der Waals surface area contributed by atoms with Crippen LogP contribution in [0.3, 0.4) is 0 Å². The summed E-state index contributed by atoms with van der Waals surface area (Å²) in [5.41, 5.74) is 0.681. The van der Waals surface area contributed by atoms with Crippen LogP contribution in [-0.4, -0.2) is 40.5 Å². The Kier molecular flexibility index (Phi) is 6.09. The van der Waals surface area contributed by atoms with Gasteiger partial charge in [0.1, 0.15) is 0 Å². The van der Waals surface area contributed by atoms with Crippen molar-refractivity contribution in [1.29, 1.82) is 0 Å².